The van der Waals surface area contributed by atoms with E-state index in [0.29, 0.717) is 0 Å². The summed E-state index contributed by atoms with van der Waals surface area (Å²) >= 11 is 0. The quantitative estimate of drug-likeness (QED) is 0.774. The van der Waals surface area contributed by atoms with Crippen LogP contribution >= 0.6 is 0 Å². The van der Waals surface area contributed by atoms with Crippen LogP contribution in [0.4, 0.5) is 0 Å². The largest absolute Gasteiger partial charge is 0.496 e. The standard InChI is InChI=1S/C16H26N2O2/c1-3-6-17-12-14-4-5-16(19-2)15(11-14)13-18-7-9-20-10-8-18/h4-5,11,17H,3,6-10,12-13H2,1-2H3. The van der Waals surface area contributed by atoms with Crippen LogP contribution in [-0.2, 0) is 17.8 Å². The van der Waals surface area contributed by atoms with Gasteiger partial charge in [-0.1, -0.05) is 13.0 Å². The summed E-state index contributed by atoms with van der Waals surface area (Å²) in [6.45, 7) is 8.78. The van der Waals surface area contributed by atoms with Crippen molar-refractivity contribution < 1.29 is 9.47 Å². The van der Waals surface area contributed by atoms with E-state index in [1.807, 2.05) is 0 Å². The molecule has 0 unspecified atom stereocenters. The maximum absolute atomic E-state index is 5.49. The normalized spacial score (nSPS) is 16.3. The van der Waals surface area contributed by atoms with E-state index in [4.69, 9.17) is 9.47 Å². The molecule has 1 aromatic carbocycles. The summed E-state index contributed by atoms with van der Waals surface area (Å²) in [6.07, 6.45) is 1.16. The van der Waals surface area contributed by atoms with Crippen LogP contribution in [0.1, 0.15) is 24.5 Å². The first-order chi connectivity index (χ1) is 9.83. The number of nitrogens with one attached hydrogen (secondary N) is 1. The Hall–Kier alpha value is -1.10. The summed E-state index contributed by atoms with van der Waals surface area (Å²) in [7, 11) is 1.74. The molecule has 2 rings (SSSR count). The summed E-state index contributed by atoms with van der Waals surface area (Å²) in [4.78, 5) is 2.42. The highest BCUT2D eigenvalue weighted by molar-refractivity contribution is 5.37. The molecule has 1 aliphatic heterocycles. The maximum Gasteiger partial charge on any atom is 0.123 e. The first-order valence-corrected chi connectivity index (χ1v) is 7.50. The molecule has 4 heteroatoms. The Morgan fingerprint density at radius 1 is 1.30 bits per heavy atom. The first-order valence-electron chi connectivity index (χ1n) is 7.50. The van der Waals surface area contributed by atoms with E-state index in [-0.39, 0.29) is 0 Å². The molecule has 0 saturated carbocycles. The molecule has 0 radical (unpaired) electrons. The zero-order chi connectivity index (χ0) is 14.2. The maximum atomic E-state index is 5.49. The first kappa shape index (κ1) is 15.3. The van der Waals surface area contributed by atoms with Crippen molar-refractivity contribution in [2.75, 3.05) is 40.0 Å². The lowest BCUT2D eigenvalue weighted by Crippen LogP contribution is -2.35. The van der Waals surface area contributed by atoms with Gasteiger partial charge in [0, 0.05) is 31.7 Å². The number of benzene rings is 1. The van der Waals surface area contributed by atoms with Gasteiger partial charge in [0.25, 0.3) is 0 Å². The second kappa shape index (κ2) is 8.25. The molecule has 1 fully saturated rings. The number of rotatable bonds is 7. The van der Waals surface area contributed by atoms with Crippen LogP contribution in [0, 0.1) is 0 Å². The van der Waals surface area contributed by atoms with Crippen molar-refractivity contribution >= 4 is 0 Å². The summed E-state index contributed by atoms with van der Waals surface area (Å²) in [5.74, 6) is 0.982. The molecule has 0 amide bonds. The molecule has 20 heavy (non-hydrogen) atoms. The molecular formula is C16H26N2O2. The average molecular weight is 278 g/mol. The lowest BCUT2D eigenvalue weighted by molar-refractivity contribution is 0.0339. The van der Waals surface area contributed by atoms with Gasteiger partial charge in [-0.05, 0) is 30.7 Å². The average Bonchev–Trinajstić information content (AvgIpc) is 2.49. The molecule has 0 bridgehead atoms. The summed E-state index contributed by atoms with van der Waals surface area (Å²) < 4.78 is 10.9. The fourth-order valence-corrected chi connectivity index (χ4v) is 2.48. The third kappa shape index (κ3) is 4.47. The minimum Gasteiger partial charge on any atom is -0.496 e. The highest BCUT2D eigenvalue weighted by Gasteiger charge is 2.13. The molecule has 1 saturated heterocycles. The molecule has 0 aromatic heterocycles. The van der Waals surface area contributed by atoms with Gasteiger partial charge in [-0.15, -0.1) is 0 Å². The lowest BCUT2D eigenvalue weighted by Gasteiger charge is -2.27. The van der Waals surface area contributed by atoms with Crippen LogP contribution in [0.25, 0.3) is 0 Å². The molecule has 0 atom stereocenters. The van der Waals surface area contributed by atoms with Crippen LogP contribution in [0.15, 0.2) is 18.2 Å². The molecule has 1 aliphatic rings. The molecule has 1 N–H and O–H groups in total. The smallest absolute Gasteiger partial charge is 0.123 e. The van der Waals surface area contributed by atoms with Gasteiger partial charge in [0.15, 0.2) is 0 Å². The van der Waals surface area contributed by atoms with Crippen molar-refractivity contribution in [3.05, 3.63) is 29.3 Å². The van der Waals surface area contributed by atoms with Crippen molar-refractivity contribution in [3.8, 4) is 5.75 Å². The predicted octanol–water partition coefficient (Wildman–Crippen LogP) is 2.03. The number of morpholine rings is 1. The fraction of sp³-hybridized carbons (Fsp3) is 0.625. The van der Waals surface area contributed by atoms with Crippen molar-refractivity contribution in [1.29, 1.82) is 0 Å². The molecule has 1 heterocycles. The Labute approximate surface area is 122 Å². The highest BCUT2D eigenvalue weighted by atomic mass is 16.5. The van der Waals surface area contributed by atoms with Gasteiger partial charge in [-0.25, -0.2) is 0 Å². The van der Waals surface area contributed by atoms with Crippen molar-refractivity contribution in [1.82, 2.24) is 10.2 Å². The summed E-state index contributed by atoms with van der Waals surface area (Å²) in [5, 5.41) is 3.45. The molecule has 0 aliphatic carbocycles. The topological polar surface area (TPSA) is 33.7 Å². The third-order valence-electron chi connectivity index (χ3n) is 3.60. The Balaban J connectivity index is 2.01. The number of hydrogen-bond acceptors (Lipinski definition) is 4. The number of nitrogens with zero attached hydrogens (tertiary/aromatic N) is 1. The van der Waals surface area contributed by atoms with Gasteiger partial charge >= 0.3 is 0 Å². The summed E-state index contributed by atoms with van der Waals surface area (Å²) in [5.41, 5.74) is 2.59. The Kier molecular flexibility index (Phi) is 6.30. The number of ether oxygens (including phenoxy) is 2. The van der Waals surface area contributed by atoms with E-state index in [9.17, 15) is 0 Å². The van der Waals surface area contributed by atoms with Crippen LogP contribution in [-0.4, -0.2) is 44.9 Å². The Morgan fingerprint density at radius 3 is 2.80 bits per heavy atom. The number of methoxy groups -OCH3 is 1. The van der Waals surface area contributed by atoms with Gasteiger partial charge < -0.3 is 14.8 Å². The van der Waals surface area contributed by atoms with Crippen LogP contribution in [0.2, 0.25) is 0 Å². The molecule has 1 aromatic rings. The van der Waals surface area contributed by atoms with Crippen LogP contribution < -0.4 is 10.1 Å². The molecule has 4 nitrogen and oxygen atoms in total. The van der Waals surface area contributed by atoms with Gasteiger partial charge in [-0.2, -0.15) is 0 Å². The van der Waals surface area contributed by atoms with E-state index >= 15 is 0 Å². The van der Waals surface area contributed by atoms with Crippen LogP contribution in [0.3, 0.4) is 0 Å². The minimum absolute atomic E-state index is 0.833. The Bertz CT molecular complexity index is 403. The van der Waals surface area contributed by atoms with Gasteiger partial charge in [-0.3, -0.25) is 4.90 Å². The van der Waals surface area contributed by atoms with Gasteiger partial charge in [0.1, 0.15) is 5.75 Å². The fourth-order valence-electron chi connectivity index (χ4n) is 2.48. The van der Waals surface area contributed by atoms with Crippen molar-refractivity contribution in [2.45, 2.75) is 26.4 Å². The predicted molar refractivity (Wildman–Crippen MR) is 81.1 cm³/mol. The monoisotopic (exact) mass is 278 g/mol. The van der Waals surface area contributed by atoms with E-state index in [2.05, 4.69) is 35.3 Å². The number of hydrogen-bond donors (Lipinski definition) is 1. The second-order valence-electron chi connectivity index (χ2n) is 5.21. The third-order valence-corrected chi connectivity index (χ3v) is 3.60. The van der Waals surface area contributed by atoms with Gasteiger partial charge in [0.2, 0.25) is 0 Å². The lowest BCUT2D eigenvalue weighted by atomic mass is 10.1. The van der Waals surface area contributed by atoms with Gasteiger partial charge in [0.05, 0.1) is 20.3 Å². The molecule has 112 valence electrons. The van der Waals surface area contributed by atoms with Crippen LogP contribution in [0.5, 0.6) is 5.75 Å². The summed E-state index contributed by atoms with van der Waals surface area (Å²) in [6, 6.07) is 6.49. The molecule has 0 spiro atoms. The van der Waals surface area contributed by atoms with E-state index in [1.54, 1.807) is 7.11 Å². The zero-order valence-corrected chi connectivity index (χ0v) is 12.7. The Morgan fingerprint density at radius 2 is 2.10 bits per heavy atom. The SMILES string of the molecule is CCCNCc1ccc(OC)c(CN2CCOCC2)c1. The van der Waals surface area contributed by atoms with Crippen molar-refractivity contribution in [2.24, 2.45) is 0 Å². The minimum atomic E-state index is 0.833. The zero-order valence-electron chi connectivity index (χ0n) is 12.7. The van der Waals surface area contributed by atoms with E-state index in [1.165, 1.54) is 11.1 Å². The molecular weight excluding hydrogens is 252 g/mol. The van der Waals surface area contributed by atoms with Crippen molar-refractivity contribution in [3.63, 3.8) is 0 Å². The second-order valence-corrected chi connectivity index (χ2v) is 5.21. The van der Waals surface area contributed by atoms with E-state index < -0.39 is 0 Å². The highest BCUT2D eigenvalue weighted by Crippen LogP contribution is 2.22. The van der Waals surface area contributed by atoms with E-state index in [0.717, 1.165) is 58.1 Å².